The summed E-state index contributed by atoms with van der Waals surface area (Å²) in [6.45, 7) is 2.47. The van der Waals surface area contributed by atoms with Gasteiger partial charge >= 0.3 is 6.09 Å². The summed E-state index contributed by atoms with van der Waals surface area (Å²) in [4.78, 5) is 22.6. The second kappa shape index (κ2) is 8.43. The van der Waals surface area contributed by atoms with E-state index in [-0.39, 0.29) is 12.2 Å². The van der Waals surface area contributed by atoms with Crippen LogP contribution in [0.4, 0.5) is 4.79 Å². The second-order valence-corrected chi connectivity index (χ2v) is 7.89. The van der Waals surface area contributed by atoms with Crippen molar-refractivity contribution in [2.45, 2.75) is 38.2 Å². The molecule has 3 aromatic rings. The first-order valence-electron chi connectivity index (χ1n) is 10.4. The molecule has 2 saturated heterocycles. The van der Waals surface area contributed by atoms with E-state index in [0.29, 0.717) is 49.5 Å². The van der Waals surface area contributed by atoms with Crippen LogP contribution in [-0.4, -0.2) is 58.5 Å². The average molecular weight is 412 g/mol. The molecule has 0 radical (unpaired) electrons. The normalized spacial score (nSPS) is 20.1. The van der Waals surface area contributed by atoms with E-state index in [2.05, 4.69) is 15.1 Å². The molecule has 0 N–H and O–H groups in total. The number of nitrogens with zero attached hydrogens (tertiary/aromatic N) is 4. The van der Waals surface area contributed by atoms with Gasteiger partial charge in [0.25, 0.3) is 5.89 Å². The molecule has 0 spiro atoms. The summed E-state index contributed by atoms with van der Waals surface area (Å²) in [6, 6.07) is 3.65. The molecular weight excluding hydrogens is 388 g/mol. The average Bonchev–Trinajstić information content (AvgIpc) is 3.52. The zero-order chi connectivity index (χ0) is 20.3. The van der Waals surface area contributed by atoms with E-state index in [1.165, 1.54) is 0 Å². The summed E-state index contributed by atoms with van der Waals surface area (Å²) < 4.78 is 22.0. The van der Waals surface area contributed by atoms with Crippen LogP contribution in [0.1, 0.15) is 31.5 Å². The first-order valence-corrected chi connectivity index (χ1v) is 10.4. The van der Waals surface area contributed by atoms with Crippen molar-refractivity contribution in [3.63, 3.8) is 0 Å². The van der Waals surface area contributed by atoms with Gasteiger partial charge in [-0.3, -0.25) is 4.98 Å². The molecule has 3 aromatic heterocycles. The molecule has 1 atom stereocenters. The molecule has 1 unspecified atom stereocenters. The van der Waals surface area contributed by atoms with Crippen molar-refractivity contribution in [1.82, 2.24) is 20.0 Å². The monoisotopic (exact) mass is 412 g/mol. The lowest BCUT2D eigenvalue weighted by Crippen LogP contribution is -2.40. The van der Waals surface area contributed by atoms with Crippen LogP contribution in [0.2, 0.25) is 0 Å². The first kappa shape index (κ1) is 19.0. The largest absolute Gasteiger partial charge is 0.451 e. The van der Waals surface area contributed by atoms with E-state index < -0.39 is 0 Å². The van der Waals surface area contributed by atoms with Crippen molar-refractivity contribution in [3.8, 4) is 11.7 Å². The fourth-order valence-electron chi connectivity index (χ4n) is 4.04. The summed E-state index contributed by atoms with van der Waals surface area (Å²) in [6.07, 6.45) is 7.71. The first-order chi connectivity index (χ1) is 14.7. The fraction of sp³-hybridized carbons (Fsp3) is 0.524. The Kier molecular flexibility index (Phi) is 5.35. The highest BCUT2D eigenvalue weighted by atomic mass is 16.6. The maximum absolute atomic E-state index is 12.2. The number of carbonyl (C=O) groups is 1. The van der Waals surface area contributed by atoms with Crippen LogP contribution < -0.4 is 0 Å². The minimum atomic E-state index is -0.245. The topological polar surface area (TPSA) is 104 Å². The quantitative estimate of drug-likeness (QED) is 0.628. The summed E-state index contributed by atoms with van der Waals surface area (Å²) in [5, 5.41) is 5.00. The van der Waals surface area contributed by atoms with Gasteiger partial charge in [0.05, 0.1) is 6.10 Å². The van der Waals surface area contributed by atoms with E-state index in [1.54, 1.807) is 23.4 Å². The highest BCUT2D eigenvalue weighted by Crippen LogP contribution is 2.27. The number of hydrogen-bond acceptors (Lipinski definition) is 8. The summed E-state index contributed by atoms with van der Waals surface area (Å²) in [5.74, 6) is 1.97. The van der Waals surface area contributed by atoms with Crippen molar-refractivity contribution >= 4 is 17.1 Å². The van der Waals surface area contributed by atoms with Gasteiger partial charge in [0, 0.05) is 43.9 Å². The van der Waals surface area contributed by atoms with Crippen LogP contribution in [-0.2, 0) is 15.9 Å². The van der Waals surface area contributed by atoms with Crippen molar-refractivity contribution in [1.29, 1.82) is 0 Å². The van der Waals surface area contributed by atoms with Crippen LogP contribution in [0.5, 0.6) is 0 Å². The molecule has 30 heavy (non-hydrogen) atoms. The van der Waals surface area contributed by atoms with Gasteiger partial charge in [0.2, 0.25) is 0 Å². The van der Waals surface area contributed by atoms with E-state index in [9.17, 15) is 4.79 Å². The van der Waals surface area contributed by atoms with E-state index in [1.807, 2.05) is 6.07 Å². The second-order valence-electron chi connectivity index (χ2n) is 7.89. The van der Waals surface area contributed by atoms with Crippen LogP contribution in [0.25, 0.3) is 22.6 Å². The minimum absolute atomic E-state index is 0.0574. The molecule has 5 rings (SSSR count). The SMILES string of the molecule is O=C(OCC1CCCO1)N1CCC(Cc2noc(-c3cc4cnccc4o3)n2)CC1. The number of ether oxygens (including phenoxy) is 2. The van der Waals surface area contributed by atoms with Crippen LogP contribution >= 0.6 is 0 Å². The molecule has 2 fully saturated rings. The molecule has 2 aliphatic rings. The number of amides is 1. The number of fused-ring (bicyclic) bond motifs is 1. The van der Waals surface area contributed by atoms with Gasteiger partial charge in [0.1, 0.15) is 12.2 Å². The number of aromatic nitrogens is 3. The van der Waals surface area contributed by atoms with Gasteiger partial charge in [-0.1, -0.05) is 5.16 Å². The van der Waals surface area contributed by atoms with Gasteiger partial charge in [-0.25, -0.2) is 4.79 Å². The standard InChI is InChI=1S/C21H24N4O5/c26-21(28-13-16-2-1-9-27-16)25-7-4-14(5-8-25)10-19-23-20(30-24-19)18-11-15-12-22-6-3-17(15)29-18/h3,6,11-12,14,16H,1-2,4-5,7-10,13H2. The molecule has 0 saturated carbocycles. The molecule has 1 amide bonds. The summed E-state index contributed by atoms with van der Waals surface area (Å²) in [5.41, 5.74) is 0.735. The van der Waals surface area contributed by atoms with Crippen LogP contribution in [0.15, 0.2) is 33.5 Å². The van der Waals surface area contributed by atoms with Gasteiger partial charge in [0.15, 0.2) is 11.6 Å². The fourth-order valence-corrected chi connectivity index (χ4v) is 4.04. The molecule has 2 aliphatic heterocycles. The highest BCUT2D eigenvalue weighted by Gasteiger charge is 2.26. The van der Waals surface area contributed by atoms with Crippen molar-refractivity contribution in [2.24, 2.45) is 5.92 Å². The number of rotatable bonds is 5. The van der Waals surface area contributed by atoms with Crippen LogP contribution in [0, 0.1) is 5.92 Å². The Labute approximate surface area is 173 Å². The lowest BCUT2D eigenvalue weighted by molar-refractivity contribution is 0.0257. The minimum Gasteiger partial charge on any atom is -0.451 e. The maximum Gasteiger partial charge on any atom is 0.409 e. The summed E-state index contributed by atoms with van der Waals surface area (Å²) >= 11 is 0. The number of piperidine rings is 1. The predicted octanol–water partition coefficient (Wildman–Crippen LogP) is 3.45. The third-order valence-electron chi connectivity index (χ3n) is 5.76. The molecule has 0 bridgehead atoms. The van der Waals surface area contributed by atoms with Crippen molar-refractivity contribution < 1.29 is 23.2 Å². The van der Waals surface area contributed by atoms with Crippen molar-refractivity contribution in [3.05, 3.63) is 30.4 Å². The smallest absolute Gasteiger partial charge is 0.409 e. The Hall–Kier alpha value is -2.94. The van der Waals surface area contributed by atoms with Crippen molar-refractivity contribution in [2.75, 3.05) is 26.3 Å². The Morgan fingerprint density at radius 3 is 2.97 bits per heavy atom. The molecular formula is C21H24N4O5. The molecule has 9 nitrogen and oxygen atoms in total. The van der Waals surface area contributed by atoms with Crippen LogP contribution in [0.3, 0.4) is 0 Å². The highest BCUT2D eigenvalue weighted by molar-refractivity contribution is 5.80. The van der Waals surface area contributed by atoms with Gasteiger partial charge in [-0.15, -0.1) is 0 Å². The van der Waals surface area contributed by atoms with E-state index >= 15 is 0 Å². The van der Waals surface area contributed by atoms with E-state index in [4.69, 9.17) is 18.4 Å². The Balaban J connectivity index is 1.12. The lowest BCUT2D eigenvalue weighted by Gasteiger charge is -2.31. The Bertz CT molecular complexity index is 969. The predicted molar refractivity (Wildman–Crippen MR) is 106 cm³/mol. The summed E-state index contributed by atoms with van der Waals surface area (Å²) in [7, 11) is 0. The molecule has 9 heteroatoms. The number of hydrogen-bond donors (Lipinski definition) is 0. The van der Waals surface area contributed by atoms with Gasteiger partial charge in [-0.05, 0) is 43.7 Å². The Morgan fingerprint density at radius 1 is 1.27 bits per heavy atom. The Morgan fingerprint density at radius 2 is 2.17 bits per heavy atom. The van der Waals surface area contributed by atoms with E-state index in [0.717, 1.165) is 43.3 Å². The molecule has 158 valence electrons. The number of furan rings is 1. The van der Waals surface area contributed by atoms with Gasteiger partial charge < -0.3 is 23.3 Å². The zero-order valence-electron chi connectivity index (χ0n) is 16.7. The zero-order valence-corrected chi connectivity index (χ0v) is 16.7. The maximum atomic E-state index is 12.2. The van der Waals surface area contributed by atoms with Gasteiger partial charge in [-0.2, -0.15) is 4.98 Å². The molecule has 0 aliphatic carbocycles. The lowest BCUT2D eigenvalue weighted by atomic mass is 9.93. The third kappa shape index (κ3) is 4.16. The number of likely N-dealkylation sites (tertiary alicyclic amines) is 1. The molecule has 0 aromatic carbocycles. The third-order valence-corrected chi connectivity index (χ3v) is 5.76. The molecule has 5 heterocycles. The number of carbonyl (C=O) groups excluding carboxylic acids is 1. The number of pyridine rings is 1.